The molecule has 5 nitrogen and oxygen atoms in total. The number of fused-ring (bicyclic) bond motifs is 1. The molecule has 1 aromatic rings. The minimum Gasteiger partial charge on any atom is -0.374 e. The van der Waals surface area contributed by atoms with Gasteiger partial charge in [-0.2, -0.15) is 0 Å². The number of amides is 1. The number of hydrogen-bond donors (Lipinski definition) is 1. The molecule has 1 saturated heterocycles. The van der Waals surface area contributed by atoms with Crippen molar-refractivity contribution in [3.63, 3.8) is 0 Å². The molecule has 1 amide bonds. The van der Waals surface area contributed by atoms with Crippen LogP contribution in [0.4, 0.5) is 0 Å². The highest BCUT2D eigenvalue weighted by Crippen LogP contribution is 2.29. The molecule has 2 atom stereocenters. The first-order chi connectivity index (χ1) is 9.79. The zero-order valence-corrected chi connectivity index (χ0v) is 12.8. The average Bonchev–Trinajstić information content (AvgIpc) is 2.53. The minimum atomic E-state index is 0. The van der Waals surface area contributed by atoms with Crippen LogP contribution in [0.1, 0.15) is 41.7 Å². The molecular weight excluding hydrogens is 290 g/mol. The maximum absolute atomic E-state index is 12.7. The number of ether oxygens (including phenoxy) is 1. The van der Waals surface area contributed by atoms with E-state index in [1.165, 1.54) is 12.8 Å². The Morgan fingerprint density at radius 2 is 2.24 bits per heavy atom. The molecule has 3 rings (SSSR count). The molecule has 0 aromatic carbocycles. The summed E-state index contributed by atoms with van der Waals surface area (Å²) in [5.41, 5.74) is 7.04. The number of morpholine rings is 1. The lowest BCUT2D eigenvalue weighted by atomic mass is 9.89. The smallest absolute Gasteiger partial charge is 0.254 e. The molecule has 0 spiro atoms. The van der Waals surface area contributed by atoms with Gasteiger partial charge in [-0.25, -0.2) is 0 Å². The van der Waals surface area contributed by atoms with Crippen LogP contribution in [0, 0.1) is 0 Å². The van der Waals surface area contributed by atoms with Crippen LogP contribution < -0.4 is 5.73 Å². The quantitative estimate of drug-likeness (QED) is 0.903. The molecule has 2 aliphatic rings. The highest BCUT2D eigenvalue weighted by Gasteiger charge is 2.36. The summed E-state index contributed by atoms with van der Waals surface area (Å²) in [5, 5.41) is 0. The van der Waals surface area contributed by atoms with Crippen molar-refractivity contribution in [3.05, 3.63) is 29.6 Å². The largest absolute Gasteiger partial charge is 0.374 e. The lowest BCUT2D eigenvalue weighted by Gasteiger charge is -2.43. The summed E-state index contributed by atoms with van der Waals surface area (Å²) in [6.07, 6.45) is 6.38. The normalized spacial score (nSPS) is 24.9. The van der Waals surface area contributed by atoms with Gasteiger partial charge in [0.15, 0.2) is 0 Å². The first-order valence-electron chi connectivity index (χ1n) is 7.37. The molecule has 2 fully saturated rings. The fraction of sp³-hybridized carbons (Fsp3) is 0.600. The van der Waals surface area contributed by atoms with Gasteiger partial charge in [-0.3, -0.25) is 9.78 Å². The van der Waals surface area contributed by atoms with Crippen LogP contribution in [-0.2, 0) is 11.3 Å². The SMILES string of the molecule is Cl.NCc1cc(C(=O)N2CCOC3CCCCC32)ccn1. The molecule has 116 valence electrons. The molecule has 2 N–H and O–H groups in total. The van der Waals surface area contributed by atoms with E-state index < -0.39 is 0 Å². The molecule has 0 bridgehead atoms. The van der Waals surface area contributed by atoms with Crippen molar-refractivity contribution in [2.75, 3.05) is 13.2 Å². The Kier molecular flexibility index (Phi) is 5.56. The van der Waals surface area contributed by atoms with Crippen LogP contribution in [0.15, 0.2) is 18.3 Å². The van der Waals surface area contributed by atoms with Crippen LogP contribution in [0.3, 0.4) is 0 Å². The Morgan fingerprint density at radius 1 is 1.43 bits per heavy atom. The Balaban J connectivity index is 0.00000161. The van der Waals surface area contributed by atoms with Gasteiger partial charge in [-0.1, -0.05) is 12.8 Å². The maximum Gasteiger partial charge on any atom is 0.254 e. The van der Waals surface area contributed by atoms with E-state index in [9.17, 15) is 4.79 Å². The standard InChI is InChI=1S/C15H21N3O2.ClH/c16-10-12-9-11(5-6-17-12)15(19)18-7-8-20-14-4-2-1-3-13(14)18;/h5-6,9,13-14H,1-4,7-8,10,16H2;1H. The summed E-state index contributed by atoms with van der Waals surface area (Å²) >= 11 is 0. The van der Waals surface area contributed by atoms with E-state index in [1.807, 2.05) is 4.90 Å². The van der Waals surface area contributed by atoms with E-state index in [4.69, 9.17) is 10.5 Å². The molecule has 0 radical (unpaired) electrons. The van der Waals surface area contributed by atoms with Gasteiger partial charge in [0.25, 0.3) is 5.91 Å². The number of rotatable bonds is 2. The number of nitrogens with zero attached hydrogens (tertiary/aromatic N) is 2. The van der Waals surface area contributed by atoms with Crippen molar-refractivity contribution in [1.29, 1.82) is 0 Å². The maximum atomic E-state index is 12.7. The zero-order valence-electron chi connectivity index (χ0n) is 12.0. The average molecular weight is 312 g/mol. The van der Waals surface area contributed by atoms with Crippen LogP contribution in [0.5, 0.6) is 0 Å². The van der Waals surface area contributed by atoms with Crippen LogP contribution in [0.2, 0.25) is 0 Å². The Labute approximate surface area is 131 Å². The molecule has 2 heterocycles. The van der Waals surface area contributed by atoms with E-state index >= 15 is 0 Å². The highest BCUT2D eigenvalue weighted by molar-refractivity contribution is 5.94. The number of hydrogen-bond acceptors (Lipinski definition) is 4. The number of nitrogens with two attached hydrogens (primary N) is 1. The van der Waals surface area contributed by atoms with Crippen molar-refractivity contribution in [2.24, 2.45) is 5.73 Å². The Morgan fingerprint density at radius 3 is 3.05 bits per heavy atom. The number of pyridine rings is 1. The lowest BCUT2D eigenvalue weighted by Crippen LogP contribution is -2.54. The van der Waals surface area contributed by atoms with Crippen molar-refractivity contribution in [1.82, 2.24) is 9.88 Å². The second-order valence-electron chi connectivity index (χ2n) is 5.50. The van der Waals surface area contributed by atoms with Gasteiger partial charge in [0.2, 0.25) is 0 Å². The van der Waals surface area contributed by atoms with Crippen LogP contribution >= 0.6 is 12.4 Å². The second-order valence-corrected chi connectivity index (χ2v) is 5.50. The first kappa shape index (κ1) is 16.2. The molecule has 1 aromatic heterocycles. The van der Waals surface area contributed by atoms with Crippen molar-refractivity contribution < 1.29 is 9.53 Å². The topological polar surface area (TPSA) is 68.5 Å². The van der Waals surface area contributed by atoms with Crippen LogP contribution in [0.25, 0.3) is 0 Å². The summed E-state index contributed by atoms with van der Waals surface area (Å²) in [6.45, 7) is 1.68. The van der Waals surface area contributed by atoms with Gasteiger partial charge < -0.3 is 15.4 Å². The van der Waals surface area contributed by atoms with Crippen molar-refractivity contribution in [2.45, 2.75) is 44.4 Å². The summed E-state index contributed by atoms with van der Waals surface area (Å²) in [5.74, 6) is 0.0855. The van der Waals surface area contributed by atoms with Crippen LogP contribution in [-0.4, -0.2) is 41.1 Å². The van der Waals surface area contributed by atoms with Crippen molar-refractivity contribution in [3.8, 4) is 0 Å². The number of carbonyl (C=O) groups excluding carboxylic acids is 1. The van der Waals surface area contributed by atoms with E-state index in [0.29, 0.717) is 25.3 Å². The van der Waals surface area contributed by atoms with Gasteiger partial charge in [-0.15, -0.1) is 12.4 Å². The number of carbonyl (C=O) groups is 1. The third-order valence-electron chi connectivity index (χ3n) is 4.27. The Hall–Kier alpha value is -1.17. The first-order valence-corrected chi connectivity index (χ1v) is 7.37. The summed E-state index contributed by atoms with van der Waals surface area (Å²) in [6, 6.07) is 3.81. The molecular formula is C15H22ClN3O2. The van der Waals surface area contributed by atoms with Gasteiger partial charge in [0.05, 0.1) is 24.4 Å². The lowest BCUT2D eigenvalue weighted by molar-refractivity contribution is -0.0752. The van der Waals surface area contributed by atoms with Gasteiger partial charge >= 0.3 is 0 Å². The molecule has 1 aliphatic heterocycles. The summed E-state index contributed by atoms with van der Waals surface area (Å²) < 4.78 is 5.82. The molecule has 2 unspecified atom stereocenters. The van der Waals surface area contributed by atoms with Gasteiger partial charge in [0, 0.05) is 24.8 Å². The summed E-state index contributed by atoms with van der Waals surface area (Å²) in [7, 11) is 0. The molecule has 1 aliphatic carbocycles. The Bertz CT molecular complexity index is 496. The minimum absolute atomic E-state index is 0. The molecule has 6 heteroatoms. The molecule has 1 saturated carbocycles. The van der Waals surface area contributed by atoms with E-state index in [1.54, 1.807) is 18.3 Å². The monoisotopic (exact) mass is 311 g/mol. The van der Waals surface area contributed by atoms with E-state index in [0.717, 1.165) is 18.5 Å². The fourth-order valence-electron chi connectivity index (χ4n) is 3.24. The zero-order chi connectivity index (χ0) is 13.9. The van der Waals surface area contributed by atoms with E-state index in [-0.39, 0.29) is 30.5 Å². The number of aromatic nitrogens is 1. The van der Waals surface area contributed by atoms with Crippen molar-refractivity contribution >= 4 is 18.3 Å². The predicted molar refractivity (Wildman–Crippen MR) is 82.4 cm³/mol. The van der Waals surface area contributed by atoms with E-state index in [2.05, 4.69) is 4.98 Å². The third-order valence-corrected chi connectivity index (χ3v) is 4.27. The van der Waals surface area contributed by atoms with Gasteiger partial charge in [0.1, 0.15) is 0 Å². The van der Waals surface area contributed by atoms with Gasteiger partial charge in [-0.05, 0) is 25.0 Å². The summed E-state index contributed by atoms with van der Waals surface area (Å²) in [4.78, 5) is 18.9. The highest BCUT2D eigenvalue weighted by atomic mass is 35.5. The fourth-order valence-corrected chi connectivity index (χ4v) is 3.24. The second kappa shape index (κ2) is 7.20. The molecule has 21 heavy (non-hydrogen) atoms. The third kappa shape index (κ3) is 3.36. The predicted octanol–water partition coefficient (Wildman–Crippen LogP) is 1.75. The number of halogens is 1.